The molecular weight excluding hydrogens is 671 g/mol. The van der Waals surface area contributed by atoms with Crippen LogP contribution in [-0.4, -0.2) is 68.5 Å². The second-order valence-electron chi connectivity index (χ2n) is 16.4. The number of phosphoric acid groups is 1. The zero-order chi connectivity index (χ0) is 38.6. The Bertz CT molecular complexity index is 865. The average Bonchev–Trinajstić information content (AvgIpc) is 3.09. The number of aliphatic hydroxyl groups is 1. The maximum atomic E-state index is 12.8. The van der Waals surface area contributed by atoms with Crippen LogP contribution in [0.5, 0.6) is 0 Å². The molecule has 0 heterocycles. The topological polar surface area (TPSA) is 108 Å². The van der Waals surface area contributed by atoms with Crippen molar-refractivity contribution in [2.45, 2.75) is 219 Å². The second kappa shape index (κ2) is 35.9. The molecule has 0 aromatic carbocycles. The molecule has 9 heteroatoms. The van der Waals surface area contributed by atoms with E-state index in [9.17, 15) is 19.4 Å². The minimum Gasteiger partial charge on any atom is -0.756 e. The molecule has 0 aliphatic heterocycles. The van der Waals surface area contributed by atoms with E-state index in [0.29, 0.717) is 17.4 Å². The Morgan fingerprint density at radius 2 is 1.04 bits per heavy atom. The van der Waals surface area contributed by atoms with Crippen LogP contribution in [-0.2, 0) is 18.4 Å². The number of phosphoric ester groups is 1. The Morgan fingerprint density at radius 1 is 0.654 bits per heavy atom. The number of carbonyl (C=O) groups excluding carboxylic acids is 1. The van der Waals surface area contributed by atoms with Crippen LogP contribution in [0.25, 0.3) is 0 Å². The summed E-state index contributed by atoms with van der Waals surface area (Å²) in [5.41, 5.74) is 0. The summed E-state index contributed by atoms with van der Waals surface area (Å²) in [7, 11) is 1.27. The van der Waals surface area contributed by atoms with E-state index in [4.69, 9.17) is 9.05 Å². The predicted octanol–water partition coefficient (Wildman–Crippen LogP) is 11.3. The number of hydrogen-bond acceptors (Lipinski definition) is 6. The Balaban J connectivity index is 4.27. The first kappa shape index (κ1) is 51.2. The van der Waals surface area contributed by atoms with Crippen LogP contribution in [0.4, 0.5) is 0 Å². The van der Waals surface area contributed by atoms with Crippen LogP contribution in [0.3, 0.4) is 0 Å². The summed E-state index contributed by atoms with van der Waals surface area (Å²) in [5.74, 6) is -0.196. The highest BCUT2D eigenvalue weighted by molar-refractivity contribution is 7.45. The van der Waals surface area contributed by atoms with E-state index in [-0.39, 0.29) is 19.1 Å². The van der Waals surface area contributed by atoms with E-state index >= 15 is 0 Å². The molecule has 310 valence electrons. The van der Waals surface area contributed by atoms with Gasteiger partial charge in [-0.15, -0.1) is 0 Å². The van der Waals surface area contributed by atoms with E-state index in [1.54, 1.807) is 6.08 Å². The Morgan fingerprint density at radius 3 is 1.44 bits per heavy atom. The van der Waals surface area contributed by atoms with E-state index in [2.05, 4.69) is 19.2 Å². The normalized spacial score (nSPS) is 14.5. The first-order chi connectivity index (χ1) is 25.0. The van der Waals surface area contributed by atoms with Crippen LogP contribution in [0.2, 0.25) is 0 Å². The van der Waals surface area contributed by atoms with Gasteiger partial charge in [-0.1, -0.05) is 193 Å². The number of likely N-dealkylation sites (N-methyl/N-ethyl adjacent to an activating group) is 1. The monoisotopic (exact) mass is 759 g/mol. The molecule has 0 spiro atoms. The molecule has 0 saturated carbocycles. The third kappa shape index (κ3) is 37.6. The van der Waals surface area contributed by atoms with Crippen molar-refractivity contribution in [1.29, 1.82) is 0 Å². The quantitative estimate of drug-likeness (QED) is 0.0279. The van der Waals surface area contributed by atoms with Gasteiger partial charge in [0.25, 0.3) is 7.82 Å². The molecule has 1 amide bonds. The van der Waals surface area contributed by atoms with Gasteiger partial charge in [-0.25, -0.2) is 0 Å². The number of allylic oxidation sites excluding steroid dienone is 1. The number of carbonyl (C=O) groups is 1. The minimum absolute atomic E-state index is 0.00179. The zero-order valence-electron chi connectivity index (χ0n) is 35.0. The van der Waals surface area contributed by atoms with Gasteiger partial charge in [0, 0.05) is 6.42 Å². The van der Waals surface area contributed by atoms with E-state index in [1.165, 1.54) is 148 Å². The highest BCUT2D eigenvalue weighted by atomic mass is 31.2. The van der Waals surface area contributed by atoms with E-state index < -0.39 is 20.0 Å². The molecule has 0 bridgehead atoms. The summed E-state index contributed by atoms with van der Waals surface area (Å²) in [4.78, 5) is 25.2. The molecular formula is C43H87N2O6P. The standard InChI is InChI=1S/C43H87N2O6P/c1-6-8-10-12-14-16-18-19-20-21-22-23-24-25-26-27-29-31-33-35-37-43(47)44-41(40-51-52(48,49)50-39-38-45(3,4)5)42(46)36-34-32-30-28-17-15-13-11-9-7-2/h34,36,41-42,46H,6-33,35,37-40H2,1-5H3,(H-,44,47,48,49)/b36-34+. The fourth-order valence-electron chi connectivity index (χ4n) is 6.45. The summed E-state index contributed by atoms with van der Waals surface area (Å²) < 4.78 is 23.1. The van der Waals surface area contributed by atoms with Gasteiger partial charge in [0.2, 0.25) is 5.91 Å². The second-order valence-corrected chi connectivity index (χ2v) is 17.8. The molecule has 0 rings (SSSR count). The van der Waals surface area contributed by atoms with Gasteiger partial charge in [0.1, 0.15) is 13.2 Å². The van der Waals surface area contributed by atoms with E-state index in [0.717, 1.165) is 38.5 Å². The Hall–Kier alpha value is -0.760. The van der Waals surface area contributed by atoms with Crippen LogP contribution in [0.1, 0.15) is 206 Å². The number of quaternary nitrogens is 1. The number of amides is 1. The van der Waals surface area contributed by atoms with Gasteiger partial charge < -0.3 is 28.8 Å². The van der Waals surface area contributed by atoms with Gasteiger partial charge >= 0.3 is 0 Å². The molecule has 52 heavy (non-hydrogen) atoms. The lowest BCUT2D eigenvalue weighted by molar-refractivity contribution is -0.870. The molecule has 0 fully saturated rings. The van der Waals surface area contributed by atoms with Gasteiger partial charge in [0.05, 0.1) is 39.9 Å². The summed E-state index contributed by atoms with van der Waals surface area (Å²) in [5, 5.41) is 13.7. The lowest BCUT2D eigenvalue weighted by atomic mass is 10.0. The molecule has 0 aromatic heterocycles. The first-order valence-electron chi connectivity index (χ1n) is 22.1. The molecule has 0 aliphatic rings. The van der Waals surface area contributed by atoms with Crippen LogP contribution in [0, 0.1) is 0 Å². The van der Waals surface area contributed by atoms with Crippen molar-refractivity contribution in [3.8, 4) is 0 Å². The maximum absolute atomic E-state index is 12.8. The number of rotatable bonds is 40. The third-order valence-corrected chi connectivity index (χ3v) is 11.0. The van der Waals surface area contributed by atoms with Crippen LogP contribution >= 0.6 is 7.82 Å². The molecule has 0 radical (unpaired) electrons. The van der Waals surface area contributed by atoms with Gasteiger partial charge in [0.15, 0.2) is 0 Å². The Labute approximate surface area is 322 Å². The number of nitrogens with zero attached hydrogens (tertiary/aromatic N) is 1. The minimum atomic E-state index is -4.58. The molecule has 0 aromatic rings. The number of nitrogens with one attached hydrogen (secondary N) is 1. The third-order valence-electron chi connectivity index (χ3n) is 10.00. The van der Waals surface area contributed by atoms with Crippen LogP contribution < -0.4 is 10.2 Å². The fourth-order valence-corrected chi connectivity index (χ4v) is 7.17. The van der Waals surface area contributed by atoms with Crippen molar-refractivity contribution >= 4 is 13.7 Å². The smallest absolute Gasteiger partial charge is 0.268 e. The molecule has 8 nitrogen and oxygen atoms in total. The fraction of sp³-hybridized carbons (Fsp3) is 0.930. The number of unbranched alkanes of at least 4 members (excludes halogenated alkanes) is 27. The number of aliphatic hydroxyl groups excluding tert-OH is 1. The van der Waals surface area contributed by atoms with Crippen molar-refractivity contribution < 1.29 is 32.9 Å². The lowest BCUT2D eigenvalue weighted by Crippen LogP contribution is -2.45. The largest absolute Gasteiger partial charge is 0.756 e. The SMILES string of the molecule is CCCCCCCCCC/C=C/C(O)C(COP(=O)([O-])OCC[N+](C)(C)C)NC(=O)CCCCCCCCCCCCCCCCCCCCCC. The van der Waals surface area contributed by atoms with Crippen molar-refractivity contribution in [2.75, 3.05) is 40.9 Å². The summed E-state index contributed by atoms with van der Waals surface area (Å²) in [6, 6.07) is -0.878. The highest BCUT2D eigenvalue weighted by Crippen LogP contribution is 2.38. The molecule has 0 saturated heterocycles. The molecule has 2 N–H and O–H groups in total. The maximum Gasteiger partial charge on any atom is 0.268 e. The van der Waals surface area contributed by atoms with E-state index in [1.807, 2.05) is 27.2 Å². The van der Waals surface area contributed by atoms with Gasteiger partial charge in [-0.05, 0) is 19.3 Å². The van der Waals surface area contributed by atoms with Gasteiger partial charge in [-0.2, -0.15) is 0 Å². The van der Waals surface area contributed by atoms with Crippen molar-refractivity contribution in [3.05, 3.63) is 12.2 Å². The predicted molar refractivity (Wildman–Crippen MR) is 219 cm³/mol. The Kier molecular flexibility index (Phi) is 35.4. The summed E-state index contributed by atoms with van der Waals surface area (Å²) in [6.07, 6.45) is 39.7. The first-order valence-corrected chi connectivity index (χ1v) is 23.5. The summed E-state index contributed by atoms with van der Waals surface area (Å²) >= 11 is 0. The van der Waals surface area contributed by atoms with Gasteiger partial charge in [-0.3, -0.25) is 9.36 Å². The van der Waals surface area contributed by atoms with Crippen molar-refractivity contribution in [2.24, 2.45) is 0 Å². The highest BCUT2D eigenvalue weighted by Gasteiger charge is 2.23. The number of hydrogen-bond donors (Lipinski definition) is 2. The van der Waals surface area contributed by atoms with Crippen molar-refractivity contribution in [1.82, 2.24) is 5.32 Å². The summed E-state index contributed by atoms with van der Waals surface area (Å²) in [6.45, 7) is 4.64. The lowest BCUT2D eigenvalue weighted by Gasteiger charge is -2.29. The van der Waals surface area contributed by atoms with Crippen LogP contribution in [0.15, 0.2) is 12.2 Å². The molecule has 0 aliphatic carbocycles. The molecule has 3 unspecified atom stereocenters. The van der Waals surface area contributed by atoms with Crippen molar-refractivity contribution in [3.63, 3.8) is 0 Å². The molecule has 3 atom stereocenters. The average molecular weight is 759 g/mol. The zero-order valence-corrected chi connectivity index (χ0v) is 35.9.